The minimum absolute atomic E-state index is 0.0257. The summed E-state index contributed by atoms with van der Waals surface area (Å²) < 4.78 is 45.5. The quantitative estimate of drug-likeness (QED) is 0.756. The number of carbonyl (C=O) groups is 1. The van der Waals surface area contributed by atoms with E-state index in [0.29, 0.717) is 5.69 Å². The number of halogens is 2. The summed E-state index contributed by atoms with van der Waals surface area (Å²) in [6.45, 7) is 4.82. The Morgan fingerprint density at radius 2 is 1.89 bits per heavy atom. The van der Waals surface area contributed by atoms with Crippen molar-refractivity contribution in [2.75, 3.05) is 11.9 Å². The molecule has 0 heterocycles. The second kappa shape index (κ2) is 8.24. The highest BCUT2D eigenvalue weighted by molar-refractivity contribution is 7.89. The summed E-state index contributed by atoms with van der Waals surface area (Å²) in [5.74, 6) is -0.869. The van der Waals surface area contributed by atoms with Crippen LogP contribution in [0.2, 0.25) is 5.02 Å². The fraction of sp³-hybridized carbons (Fsp3) is 0.278. The van der Waals surface area contributed by atoms with Crippen molar-refractivity contribution in [3.05, 3.63) is 53.3 Å². The van der Waals surface area contributed by atoms with E-state index in [9.17, 15) is 17.6 Å². The molecule has 2 rings (SSSR count). The third-order valence-electron chi connectivity index (χ3n) is 3.12. The Labute approximate surface area is 162 Å². The molecule has 0 saturated heterocycles. The Balaban J connectivity index is 2.04. The summed E-state index contributed by atoms with van der Waals surface area (Å²) in [7, 11) is -3.73. The van der Waals surface area contributed by atoms with Gasteiger partial charge in [0.2, 0.25) is 10.0 Å². The summed E-state index contributed by atoms with van der Waals surface area (Å²) in [6, 6.07) is 9.40. The number of hydrogen-bond donors (Lipinski definition) is 2. The highest BCUT2D eigenvalue weighted by Crippen LogP contribution is 2.25. The molecule has 0 fully saturated rings. The molecule has 0 aromatic heterocycles. The van der Waals surface area contributed by atoms with Crippen LogP contribution in [-0.4, -0.2) is 26.5 Å². The zero-order valence-corrected chi connectivity index (χ0v) is 16.6. The van der Waals surface area contributed by atoms with Crippen molar-refractivity contribution >= 4 is 33.2 Å². The van der Waals surface area contributed by atoms with Gasteiger partial charge in [-0.3, -0.25) is 4.79 Å². The van der Waals surface area contributed by atoms with E-state index in [1.807, 2.05) is 0 Å². The van der Waals surface area contributed by atoms with Crippen molar-refractivity contribution in [3.63, 3.8) is 0 Å². The number of amides is 1. The molecule has 0 radical (unpaired) electrons. The van der Waals surface area contributed by atoms with Gasteiger partial charge < -0.3 is 10.1 Å². The number of hydrogen-bond acceptors (Lipinski definition) is 4. The number of benzene rings is 2. The zero-order valence-electron chi connectivity index (χ0n) is 15.0. The molecule has 0 aliphatic rings. The van der Waals surface area contributed by atoms with E-state index in [0.717, 1.165) is 12.1 Å². The van der Waals surface area contributed by atoms with Gasteiger partial charge in [-0.2, -0.15) is 0 Å². The molecule has 9 heteroatoms. The SMILES string of the molecule is CC(C)(C)NS(=O)(=O)c1cccc(NC(=O)COc2ccc(F)cc2Cl)c1. The van der Waals surface area contributed by atoms with Gasteiger partial charge in [0, 0.05) is 11.2 Å². The van der Waals surface area contributed by atoms with Gasteiger partial charge in [-0.1, -0.05) is 17.7 Å². The first kappa shape index (κ1) is 21.1. The highest BCUT2D eigenvalue weighted by Gasteiger charge is 2.22. The van der Waals surface area contributed by atoms with Crippen LogP contribution in [-0.2, 0) is 14.8 Å². The average molecular weight is 415 g/mol. The predicted octanol–water partition coefficient (Wildman–Crippen LogP) is 3.57. The Bertz CT molecular complexity index is 943. The number of anilines is 1. The molecule has 2 N–H and O–H groups in total. The highest BCUT2D eigenvalue weighted by atomic mass is 35.5. The van der Waals surface area contributed by atoms with E-state index in [4.69, 9.17) is 16.3 Å². The molecule has 2 aromatic carbocycles. The maximum Gasteiger partial charge on any atom is 0.262 e. The predicted molar refractivity (Wildman–Crippen MR) is 102 cm³/mol. The molecular formula is C18H20ClFN2O4S. The minimum atomic E-state index is -3.73. The Kier molecular flexibility index (Phi) is 6.46. The third-order valence-corrected chi connectivity index (χ3v) is 5.17. The number of carbonyl (C=O) groups excluding carboxylic acids is 1. The topological polar surface area (TPSA) is 84.5 Å². The lowest BCUT2D eigenvalue weighted by Crippen LogP contribution is -2.40. The van der Waals surface area contributed by atoms with Crippen molar-refractivity contribution in [3.8, 4) is 5.75 Å². The molecule has 146 valence electrons. The van der Waals surface area contributed by atoms with Gasteiger partial charge in [-0.05, 0) is 57.2 Å². The van der Waals surface area contributed by atoms with E-state index < -0.39 is 27.3 Å². The lowest BCUT2D eigenvalue weighted by atomic mass is 10.1. The first-order valence-electron chi connectivity index (χ1n) is 7.98. The molecule has 0 saturated carbocycles. The molecule has 27 heavy (non-hydrogen) atoms. The summed E-state index contributed by atoms with van der Waals surface area (Å²) in [5.41, 5.74) is -0.342. The summed E-state index contributed by atoms with van der Waals surface area (Å²) in [5, 5.41) is 2.59. The maximum absolute atomic E-state index is 13.0. The van der Waals surface area contributed by atoms with Gasteiger partial charge in [0.1, 0.15) is 11.6 Å². The first-order chi connectivity index (χ1) is 12.5. The van der Waals surface area contributed by atoms with Gasteiger partial charge in [-0.15, -0.1) is 0 Å². The third kappa shape index (κ3) is 6.50. The average Bonchev–Trinajstić information content (AvgIpc) is 2.52. The first-order valence-corrected chi connectivity index (χ1v) is 9.84. The van der Waals surface area contributed by atoms with E-state index in [-0.39, 0.29) is 22.3 Å². The van der Waals surface area contributed by atoms with Crippen LogP contribution in [0.15, 0.2) is 47.4 Å². The van der Waals surface area contributed by atoms with Crippen LogP contribution in [0.3, 0.4) is 0 Å². The van der Waals surface area contributed by atoms with E-state index in [1.165, 1.54) is 24.3 Å². The molecule has 6 nitrogen and oxygen atoms in total. The van der Waals surface area contributed by atoms with Gasteiger partial charge in [0.15, 0.2) is 6.61 Å². The van der Waals surface area contributed by atoms with Crippen molar-refractivity contribution < 1.29 is 22.3 Å². The van der Waals surface area contributed by atoms with Crippen LogP contribution < -0.4 is 14.8 Å². The number of nitrogens with one attached hydrogen (secondary N) is 2. The van der Waals surface area contributed by atoms with E-state index >= 15 is 0 Å². The molecule has 0 bridgehead atoms. The van der Waals surface area contributed by atoms with Gasteiger partial charge in [-0.25, -0.2) is 17.5 Å². The summed E-state index contributed by atoms with van der Waals surface area (Å²) in [4.78, 5) is 12.1. The Hall–Kier alpha value is -2.16. The van der Waals surface area contributed by atoms with Crippen LogP contribution >= 0.6 is 11.6 Å². The fourth-order valence-electron chi connectivity index (χ4n) is 2.14. The van der Waals surface area contributed by atoms with Gasteiger partial charge in [0.25, 0.3) is 5.91 Å². The summed E-state index contributed by atoms with van der Waals surface area (Å²) in [6.07, 6.45) is 0. The Morgan fingerprint density at radius 3 is 2.52 bits per heavy atom. The van der Waals surface area contributed by atoms with Gasteiger partial charge >= 0.3 is 0 Å². The molecule has 0 aliphatic heterocycles. The molecule has 2 aromatic rings. The molecular weight excluding hydrogens is 395 g/mol. The van der Waals surface area contributed by atoms with E-state index in [2.05, 4.69) is 10.0 Å². The minimum Gasteiger partial charge on any atom is -0.482 e. The van der Waals surface area contributed by atoms with E-state index in [1.54, 1.807) is 26.8 Å². The maximum atomic E-state index is 13.0. The van der Waals surface area contributed by atoms with Crippen LogP contribution in [0.5, 0.6) is 5.75 Å². The second-order valence-corrected chi connectivity index (χ2v) is 8.88. The second-order valence-electron chi connectivity index (χ2n) is 6.79. The van der Waals surface area contributed by atoms with Crippen LogP contribution in [0, 0.1) is 5.82 Å². The number of ether oxygens (including phenoxy) is 1. The lowest BCUT2D eigenvalue weighted by molar-refractivity contribution is -0.118. The molecule has 0 atom stereocenters. The van der Waals surface area contributed by atoms with Crippen molar-refractivity contribution in [1.82, 2.24) is 4.72 Å². The Morgan fingerprint density at radius 1 is 1.19 bits per heavy atom. The smallest absolute Gasteiger partial charge is 0.262 e. The molecule has 1 amide bonds. The lowest BCUT2D eigenvalue weighted by Gasteiger charge is -2.20. The van der Waals surface area contributed by atoms with Crippen molar-refractivity contribution in [2.24, 2.45) is 0 Å². The van der Waals surface area contributed by atoms with Gasteiger partial charge in [0.05, 0.1) is 9.92 Å². The normalized spacial score (nSPS) is 11.9. The fourth-order valence-corrected chi connectivity index (χ4v) is 3.82. The zero-order chi connectivity index (χ0) is 20.2. The molecule has 0 unspecified atom stereocenters. The molecule has 0 aliphatic carbocycles. The monoisotopic (exact) mass is 414 g/mol. The molecule has 0 spiro atoms. The van der Waals surface area contributed by atoms with Crippen molar-refractivity contribution in [2.45, 2.75) is 31.2 Å². The van der Waals surface area contributed by atoms with Crippen molar-refractivity contribution in [1.29, 1.82) is 0 Å². The van der Waals surface area contributed by atoms with Crippen LogP contribution in [0.4, 0.5) is 10.1 Å². The van der Waals surface area contributed by atoms with Crippen LogP contribution in [0.1, 0.15) is 20.8 Å². The number of sulfonamides is 1. The standard InChI is InChI=1S/C18H20ClFN2O4S/c1-18(2,3)22-27(24,25)14-6-4-5-13(10-14)21-17(23)11-26-16-8-7-12(20)9-15(16)19/h4-10,22H,11H2,1-3H3,(H,21,23). The summed E-state index contributed by atoms with van der Waals surface area (Å²) >= 11 is 5.83. The largest absolute Gasteiger partial charge is 0.482 e. The number of rotatable bonds is 6. The van der Waals surface area contributed by atoms with Crippen LogP contribution in [0.25, 0.3) is 0 Å².